The van der Waals surface area contributed by atoms with E-state index in [1.807, 2.05) is 16.9 Å². The topological polar surface area (TPSA) is 62.2 Å². The fraction of sp³-hybridized carbons (Fsp3) is 0.789. The standard InChI is InChI=1S/C19H35N5O/c1-5-23(6-2)17(12-15(3)4)14-21-19(25)18-9-11-24(22-18)16-8-7-10-20-13-16/h9,11,15-17,20H,5-8,10,12-14H2,1-4H3,(H,21,25). The molecule has 2 heterocycles. The molecule has 1 amide bonds. The number of nitrogens with zero attached hydrogens (tertiary/aromatic N) is 3. The Morgan fingerprint density at radius 3 is 2.80 bits per heavy atom. The van der Waals surface area contributed by atoms with Crippen LogP contribution in [0.5, 0.6) is 0 Å². The summed E-state index contributed by atoms with van der Waals surface area (Å²) >= 11 is 0. The maximum atomic E-state index is 12.5. The van der Waals surface area contributed by atoms with Gasteiger partial charge in [-0.3, -0.25) is 14.4 Å². The summed E-state index contributed by atoms with van der Waals surface area (Å²) in [5.41, 5.74) is 0.522. The van der Waals surface area contributed by atoms with Crippen molar-refractivity contribution in [2.75, 3.05) is 32.7 Å². The van der Waals surface area contributed by atoms with Crippen molar-refractivity contribution in [1.29, 1.82) is 0 Å². The Hall–Kier alpha value is -1.40. The first-order chi connectivity index (χ1) is 12.0. The van der Waals surface area contributed by atoms with E-state index < -0.39 is 0 Å². The zero-order valence-electron chi connectivity index (χ0n) is 16.3. The molecule has 0 saturated carbocycles. The van der Waals surface area contributed by atoms with E-state index in [2.05, 4.69) is 48.3 Å². The molecule has 0 bridgehead atoms. The van der Waals surface area contributed by atoms with Crippen LogP contribution in [0.1, 0.15) is 63.5 Å². The lowest BCUT2D eigenvalue weighted by atomic mass is 10.0. The largest absolute Gasteiger partial charge is 0.349 e. The van der Waals surface area contributed by atoms with E-state index in [1.165, 1.54) is 0 Å². The second-order valence-electron chi connectivity index (χ2n) is 7.40. The molecule has 2 rings (SSSR count). The van der Waals surface area contributed by atoms with E-state index in [4.69, 9.17) is 0 Å². The number of carbonyl (C=O) groups excluding carboxylic acids is 1. The van der Waals surface area contributed by atoms with Gasteiger partial charge in [-0.25, -0.2) is 0 Å². The number of hydrogen-bond acceptors (Lipinski definition) is 4. The summed E-state index contributed by atoms with van der Waals surface area (Å²) in [5.74, 6) is 0.545. The highest BCUT2D eigenvalue weighted by molar-refractivity contribution is 5.92. The average Bonchev–Trinajstić information content (AvgIpc) is 3.11. The van der Waals surface area contributed by atoms with Gasteiger partial charge in [0, 0.05) is 25.3 Å². The lowest BCUT2D eigenvalue weighted by Crippen LogP contribution is -2.44. The van der Waals surface area contributed by atoms with Crippen LogP contribution < -0.4 is 10.6 Å². The number of rotatable bonds is 9. The van der Waals surface area contributed by atoms with E-state index in [1.54, 1.807) is 0 Å². The van der Waals surface area contributed by atoms with Crippen LogP contribution >= 0.6 is 0 Å². The molecule has 25 heavy (non-hydrogen) atoms. The van der Waals surface area contributed by atoms with Crippen molar-refractivity contribution in [3.05, 3.63) is 18.0 Å². The quantitative estimate of drug-likeness (QED) is 0.718. The van der Waals surface area contributed by atoms with Crippen molar-refractivity contribution in [1.82, 2.24) is 25.3 Å². The fourth-order valence-corrected chi connectivity index (χ4v) is 3.67. The van der Waals surface area contributed by atoms with Crippen LogP contribution in [0, 0.1) is 5.92 Å². The van der Waals surface area contributed by atoms with Gasteiger partial charge in [0.05, 0.1) is 6.04 Å². The Morgan fingerprint density at radius 2 is 2.20 bits per heavy atom. The third-order valence-corrected chi connectivity index (χ3v) is 5.06. The molecule has 0 spiro atoms. The number of amides is 1. The second kappa shape index (κ2) is 9.92. The van der Waals surface area contributed by atoms with Gasteiger partial charge >= 0.3 is 0 Å². The maximum absolute atomic E-state index is 12.5. The van der Waals surface area contributed by atoms with E-state index in [0.29, 0.717) is 30.2 Å². The van der Waals surface area contributed by atoms with Crippen LogP contribution in [0.2, 0.25) is 0 Å². The number of carbonyl (C=O) groups is 1. The van der Waals surface area contributed by atoms with Crippen molar-refractivity contribution in [2.45, 2.75) is 59.0 Å². The molecule has 1 aromatic heterocycles. The highest BCUT2D eigenvalue weighted by atomic mass is 16.1. The summed E-state index contributed by atoms with van der Waals surface area (Å²) in [4.78, 5) is 14.9. The first-order valence-electron chi connectivity index (χ1n) is 9.83. The second-order valence-corrected chi connectivity index (χ2v) is 7.40. The normalized spacial score (nSPS) is 19.4. The molecule has 6 nitrogen and oxygen atoms in total. The number of hydrogen-bond donors (Lipinski definition) is 2. The van der Waals surface area contributed by atoms with Gasteiger partial charge in [-0.05, 0) is 50.9 Å². The molecule has 1 aliphatic heterocycles. The molecular formula is C19H35N5O. The third kappa shape index (κ3) is 5.82. The molecule has 2 atom stereocenters. The van der Waals surface area contributed by atoms with Crippen LogP contribution in [0.25, 0.3) is 0 Å². The molecule has 6 heteroatoms. The summed E-state index contributed by atoms with van der Waals surface area (Å²) in [7, 11) is 0. The molecule has 2 N–H and O–H groups in total. The van der Waals surface area contributed by atoms with Gasteiger partial charge in [0.2, 0.25) is 0 Å². The van der Waals surface area contributed by atoms with E-state index in [9.17, 15) is 4.79 Å². The number of nitrogens with one attached hydrogen (secondary N) is 2. The molecule has 2 unspecified atom stereocenters. The number of piperidine rings is 1. The van der Waals surface area contributed by atoms with E-state index in [-0.39, 0.29) is 5.91 Å². The minimum absolute atomic E-state index is 0.0663. The predicted molar refractivity (Wildman–Crippen MR) is 102 cm³/mol. The average molecular weight is 350 g/mol. The Morgan fingerprint density at radius 1 is 1.44 bits per heavy atom. The first-order valence-corrected chi connectivity index (χ1v) is 9.83. The Bertz CT molecular complexity index is 518. The fourth-order valence-electron chi connectivity index (χ4n) is 3.67. The summed E-state index contributed by atoms with van der Waals surface area (Å²) < 4.78 is 1.94. The highest BCUT2D eigenvalue weighted by Gasteiger charge is 2.20. The minimum atomic E-state index is -0.0663. The molecule has 1 saturated heterocycles. The molecule has 142 valence electrons. The van der Waals surface area contributed by atoms with Crippen molar-refractivity contribution in [3.63, 3.8) is 0 Å². The summed E-state index contributed by atoms with van der Waals surface area (Å²) in [5, 5.41) is 11.0. The Kier molecular flexibility index (Phi) is 7.90. The Labute approximate surface area is 152 Å². The van der Waals surface area contributed by atoms with Gasteiger partial charge < -0.3 is 10.6 Å². The third-order valence-electron chi connectivity index (χ3n) is 5.06. The van der Waals surface area contributed by atoms with Gasteiger partial charge in [0.1, 0.15) is 5.69 Å². The maximum Gasteiger partial charge on any atom is 0.271 e. The Balaban J connectivity index is 1.92. The predicted octanol–water partition coefficient (Wildman–Crippen LogP) is 2.29. The van der Waals surface area contributed by atoms with Crippen molar-refractivity contribution in [3.8, 4) is 0 Å². The number of likely N-dealkylation sites (N-methyl/N-ethyl adjacent to an activating group) is 1. The monoisotopic (exact) mass is 349 g/mol. The van der Waals surface area contributed by atoms with Crippen molar-refractivity contribution in [2.24, 2.45) is 5.92 Å². The highest BCUT2D eigenvalue weighted by Crippen LogP contribution is 2.16. The molecule has 1 aliphatic rings. The zero-order chi connectivity index (χ0) is 18.2. The van der Waals surface area contributed by atoms with Crippen LogP contribution in [0.15, 0.2) is 12.3 Å². The lowest BCUT2D eigenvalue weighted by Gasteiger charge is -2.31. The van der Waals surface area contributed by atoms with Crippen LogP contribution in [0.3, 0.4) is 0 Å². The van der Waals surface area contributed by atoms with Gasteiger partial charge in [-0.15, -0.1) is 0 Å². The number of aromatic nitrogens is 2. The van der Waals surface area contributed by atoms with Crippen LogP contribution in [0.4, 0.5) is 0 Å². The van der Waals surface area contributed by atoms with Gasteiger partial charge in [0.25, 0.3) is 5.91 Å². The lowest BCUT2D eigenvalue weighted by molar-refractivity contribution is 0.0922. The molecule has 0 aromatic carbocycles. The first kappa shape index (κ1) is 19.9. The van der Waals surface area contributed by atoms with Crippen molar-refractivity contribution >= 4 is 5.91 Å². The van der Waals surface area contributed by atoms with Gasteiger partial charge in [-0.1, -0.05) is 27.7 Å². The van der Waals surface area contributed by atoms with E-state index in [0.717, 1.165) is 45.4 Å². The minimum Gasteiger partial charge on any atom is -0.349 e. The molecular weight excluding hydrogens is 314 g/mol. The summed E-state index contributed by atoms with van der Waals surface area (Å²) in [6, 6.07) is 2.57. The zero-order valence-corrected chi connectivity index (χ0v) is 16.3. The van der Waals surface area contributed by atoms with Crippen LogP contribution in [-0.2, 0) is 0 Å². The summed E-state index contributed by atoms with van der Waals surface area (Å²) in [6.45, 7) is 13.5. The summed E-state index contributed by atoms with van der Waals surface area (Å²) in [6.07, 6.45) is 5.30. The van der Waals surface area contributed by atoms with Crippen molar-refractivity contribution < 1.29 is 4.79 Å². The molecule has 1 fully saturated rings. The molecule has 0 aliphatic carbocycles. The van der Waals surface area contributed by atoms with Gasteiger partial charge in [-0.2, -0.15) is 5.10 Å². The van der Waals surface area contributed by atoms with E-state index >= 15 is 0 Å². The molecule has 0 radical (unpaired) electrons. The van der Waals surface area contributed by atoms with Gasteiger partial charge in [0.15, 0.2) is 0 Å². The SMILES string of the molecule is CCN(CC)C(CNC(=O)c1ccn(C2CCCNC2)n1)CC(C)C. The van der Waals surface area contributed by atoms with Crippen LogP contribution in [-0.4, -0.2) is 59.4 Å². The molecule has 1 aromatic rings. The smallest absolute Gasteiger partial charge is 0.271 e.